The summed E-state index contributed by atoms with van der Waals surface area (Å²) < 4.78 is 8.47. The number of aromatic nitrogens is 6. The molecule has 4 heterocycles. The first-order chi connectivity index (χ1) is 18.5. The second-order valence-corrected chi connectivity index (χ2v) is 9.15. The summed E-state index contributed by atoms with van der Waals surface area (Å²) in [6.07, 6.45) is 6.76. The summed E-state index contributed by atoms with van der Waals surface area (Å²) in [4.78, 5) is 33.4. The summed E-state index contributed by atoms with van der Waals surface area (Å²) in [5.41, 5.74) is 2.56. The SMILES string of the molecule is COc1ccc(-c2nn(-c3ccccc3)cc2C=c2sc3nc(-c4cccnc4)nn3c2=O)cc1[N+](=O)[O-]. The van der Waals surface area contributed by atoms with Gasteiger partial charge in [-0.2, -0.15) is 14.6 Å². The maximum Gasteiger partial charge on any atom is 0.311 e. The van der Waals surface area contributed by atoms with Crippen molar-refractivity contribution >= 4 is 28.1 Å². The zero-order chi connectivity index (χ0) is 26.2. The Hall–Kier alpha value is -5.23. The minimum Gasteiger partial charge on any atom is -0.490 e. The van der Waals surface area contributed by atoms with Gasteiger partial charge in [0.15, 0.2) is 11.6 Å². The average molecular weight is 524 g/mol. The number of fused-ring (bicyclic) bond motifs is 1. The molecule has 6 rings (SSSR count). The van der Waals surface area contributed by atoms with E-state index in [0.717, 1.165) is 5.69 Å². The van der Waals surface area contributed by atoms with Gasteiger partial charge in [0.05, 0.1) is 22.3 Å². The van der Waals surface area contributed by atoms with Crippen LogP contribution in [0.15, 0.2) is 84.0 Å². The lowest BCUT2D eigenvalue weighted by Crippen LogP contribution is -2.23. The molecule has 6 aromatic rings. The van der Waals surface area contributed by atoms with Gasteiger partial charge in [0.1, 0.15) is 5.69 Å². The normalized spacial score (nSPS) is 11.8. The molecule has 0 aliphatic heterocycles. The molecule has 0 N–H and O–H groups in total. The molecule has 0 aliphatic carbocycles. The van der Waals surface area contributed by atoms with Gasteiger partial charge in [-0.15, -0.1) is 5.10 Å². The second kappa shape index (κ2) is 9.33. The fourth-order valence-electron chi connectivity index (χ4n) is 4.00. The van der Waals surface area contributed by atoms with Crippen LogP contribution in [0.1, 0.15) is 5.56 Å². The van der Waals surface area contributed by atoms with E-state index in [0.29, 0.717) is 37.7 Å². The van der Waals surface area contributed by atoms with Gasteiger partial charge in [-0.25, -0.2) is 4.68 Å². The Balaban J connectivity index is 1.51. The van der Waals surface area contributed by atoms with E-state index in [1.165, 1.54) is 35.1 Å². The van der Waals surface area contributed by atoms with Gasteiger partial charge >= 0.3 is 5.69 Å². The molecular weight excluding hydrogens is 506 g/mol. The Labute approximate surface area is 218 Å². The van der Waals surface area contributed by atoms with Crippen LogP contribution in [0, 0.1) is 10.1 Å². The van der Waals surface area contributed by atoms with Gasteiger partial charge in [-0.05, 0) is 42.5 Å². The molecule has 0 amide bonds. The number of hydrogen-bond acceptors (Lipinski definition) is 9. The van der Waals surface area contributed by atoms with E-state index in [1.54, 1.807) is 41.5 Å². The number of nitro benzene ring substituents is 1. The number of nitro groups is 1. The van der Waals surface area contributed by atoms with Gasteiger partial charge < -0.3 is 4.74 Å². The molecule has 0 bridgehead atoms. The van der Waals surface area contributed by atoms with Crippen molar-refractivity contribution < 1.29 is 9.66 Å². The number of thiazole rings is 1. The minimum atomic E-state index is -0.504. The zero-order valence-electron chi connectivity index (χ0n) is 19.8. The lowest BCUT2D eigenvalue weighted by molar-refractivity contribution is -0.385. The third-order valence-corrected chi connectivity index (χ3v) is 6.76. The Morgan fingerprint density at radius 3 is 2.61 bits per heavy atom. The molecule has 186 valence electrons. The number of benzene rings is 2. The minimum absolute atomic E-state index is 0.142. The third-order valence-electron chi connectivity index (χ3n) is 5.80. The number of methoxy groups -OCH3 is 1. The van der Waals surface area contributed by atoms with Crippen molar-refractivity contribution in [1.82, 2.24) is 29.4 Å². The van der Waals surface area contributed by atoms with Crippen molar-refractivity contribution in [3.8, 4) is 34.1 Å². The van der Waals surface area contributed by atoms with Crippen LogP contribution in [0.2, 0.25) is 0 Å². The molecule has 2 aromatic carbocycles. The standard InChI is InChI=1S/C26H17N7O4S/c1-37-21-10-9-16(12-20(21)33(35)36)23-18(15-31(29-23)19-7-3-2-4-8-19)13-22-25(34)32-26(38-22)28-24(30-32)17-6-5-11-27-14-17/h2-15H,1H3. The predicted octanol–water partition coefficient (Wildman–Crippen LogP) is 3.53. The molecule has 0 saturated heterocycles. The Bertz CT molecular complexity index is 1910. The first-order valence-electron chi connectivity index (χ1n) is 11.3. The fraction of sp³-hybridized carbons (Fsp3) is 0.0385. The number of pyridine rings is 1. The van der Waals surface area contributed by atoms with Crippen molar-refractivity contribution in [3.05, 3.63) is 110 Å². The molecule has 0 spiro atoms. The molecule has 0 unspecified atom stereocenters. The van der Waals surface area contributed by atoms with E-state index in [2.05, 4.69) is 15.1 Å². The average Bonchev–Trinajstić information content (AvgIpc) is 3.64. The highest BCUT2D eigenvalue weighted by molar-refractivity contribution is 7.15. The molecule has 38 heavy (non-hydrogen) atoms. The van der Waals surface area contributed by atoms with Crippen LogP contribution in [-0.2, 0) is 0 Å². The van der Waals surface area contributed by atoms with E-state index in [4.69, 9.17) is 9.84 Å². The predicted molar refractivity (Wildman–Crippen MR) is 141 cm³/mol. The quantitative estimate of drug-likeness (QED) is 0.239. The number of nitrogens with zero attached hydrogens (tertiary/aromatic N) is 7. The number of hydrogen-bond donors (Lipinski definition) is 0. The van der Waals surface area contributed by atoms with Crippen molar-refractivity contribution in [2.45, 2.75) is 0 Å². The molecule has 0 atom stereocenters. The first kappa shape index (κ1) is 23.2. The highest BCUT2D eigenvalue weighted by atomic mass is 32.1. The maximum atomic E-state index is 13.2. The smallest absolute Gasteiger partial charge is 0.311 e. The lowest BCUT2D eigenvalue weighted by atomic mass is 10.1. The Morgan fingerprint density at radius 1 is 1.05 bits per heavy atom. The van der Waals surface area contributed by atoms with Crippen LogP contribution in [0.4, 0.5) is 5.69 Å². The van der Waals surface area contributed by atoms with Crippen LogP contribution in [0.5, 0.6) is 5.75 Å². The highest BCUT2D eigenvalue weighted by Gasteiger charge is 2.20. The number of para-hydroxylation sites is 1. The molecule has 0 aliphatic rings. The van der Waals surface area contributed by atoms with Gasteiger partial charge in [0.25, 0.3) is 5.56 Å². The molecule has 0 fully saturated rings. The van der Waals surface area contributed by atoms with Crippen LogP contribution in [0.3, 0.4) is 0 Å². The zero-order valence-corrected chi connectivity index (χ0v) is 20.6. The fourth-order valence-corrected chi connectivity index (χ4v) is 4.90. The van der Waals surface area contributed by atoms with Crippen molar-refractivity contribution in [2.75, 3.05) is 7.11 Å². The second-order valence-electron chi connectivity index (χ2n) is 8.14. The summed E-state index contributed by atoms with van der Waals surface area (Å²) in [6.45, 7) is 0. The van der Waals surface area contributed by atoms with Crippen molar-refractivity contribution in [1.29, 1.82) is 0 Å². The summed E-state index contributed by atoms with van der Waals surface area (Å²) in [5, 5.41) is 20.7. The first-order valence-corrected chi connectivity index (χ1v) is 12.1. The Morgan fingerprint density at radius 2 is 1.89 bits per heavy atom. The van der Waals surface area contributed by atoms with Crippen molar-refractivity contribution in [3.63, 3.8) is 0 Å². The number of ether oxygens (including phenoxy) is 1. The molecule has 0 radical (unpaired) electrons. The van der Waals surface area contributed by atoms with E-state index < -0.39 is 4.92 Å². The van der Waals surface area contributed by atoms with E-state index in [-0.39, 0.29) is 17.0 Å². The molecule has 4 aromatic heterocycles. The molecule has 11 nitrogen and oxygen atoms in total. The lowest BCUT2D eigenvalue weighted by Gasteiger charge is -2.04. The molecule has 0 saturated carbocycles. The van der Waals surface area contributed by atoms with Crippen LogP contribution in [-0.4, -0.2) is 41.4 Å². The third kappa shape index (κ3) is 4.08. The van der Waals surface area contributed by atoms with Crippen LogP contribution in [0.25, 0.3) is 39.4 Å². The van der Waals surface area contributed by atoms with Crippen LogP contribution < -0.4 is 14.8 Å². The topological polar surface area (TPSA) is 130 Å². The van der Waals surface area contributed by atoms with Gasteiger partial charge in [0.2, 0.25) is 4.96 Å². The highest BCUT2D eigenvalue weighted by Crippen LogP contribution is 2.33. The van der Waals surface area contributed by atoms with Gasteiger partial charge in [0, 0.05) is 41.3 Å². The summed E-state index contributed by atoms with van der Waals surface area (Å²) in [6, 6.07) is 17.7. The van der Waals surface area contributed by atoms with Crippen molar-refractivity contribution in [2.24, 2.45) is 0 Å². The monoisotopic (exact) mass is 523 g/mol. The summed E-state index contributed by atoms with van der Waals surface area (Å²) in [5.74, 6) is 0.555. The Kier molecular flexibility index (Phi) is 5.69. The van der Waals surface area contributed by atoms with E-state index in [1.807, 2.05) is 36.4 Å². The largest absolute Gasteiger partial charge is 0.490 e. The summed E-state index contributed by atoms with van der Waals surface area (Å²) >= 11 is 1.19. The van der Waals surface area contributed by atoms with Crippen LogP contribution >= 0.6 is 11.3 Å². The number of rotatable bonds is 6. The molecule has 12 heteroatoms. The summed E-state index contributed by atoms with van der Waals surface area (Å²) in [7, 11) is 1.38. The van der Waals surface area contributed by atoms with E-state index >= 15 is 0 Å². The van der Waals surface area contributed by atoms with Gasteiger partial charge in [-0.3, -0.25) is 19.9 Å². The van der Waals surface area contributed by atoms with Gasteiger partial charge in [-0.1, -0.05) is 29.5 Å². The maximum absolute atomic E-state index is 13.2. The van der Waals surface area contributed by atoms with E-state index in [9.17, 15) is 14.9 Å². The molecular formula is C26H17N7O4S.